The van der Waals surface area contributed by atoms with Crippen molar-refractivity contribution in [3.8, 4) is 0 Å². The van der Waals surface area contributed by atoms with Gasteiger partial charge in [0.2, 0.25) is 0 Å². The van der Waals surface area contributed by atoms with E-state index >= 15 is 0 Å². The van der Waals surface area contributed by atoms with Crippen LogP contribution in [0.1, 0.15) is 18.4 Å². The van der Waals surface area contributed by atoms with E-state index in [1.807, 2.05) is 30.4 Å². The lowest BCUT2D eigenvalue weighted by Gasteiger charge is -1.98. The van der Waals surface area contributed by atoms with E-state index in [9.17, 15) is 0 Å². The Morgan fingerprint density at radius 2 is 1.81 bits per heavy atom. The Labute approximate surface area is 103 Å². The fourth-order valence-corrected chi connectivity index (χ4v) is 1.50. The summed E-state index contributed by atoms with van der Waals surface area (Å²) < 4.78 is 0. The standard InChI is InChI=1S/C15H16Cl/c1-2-3-4-5-6-7-8-9-14-10-12-15(16)13-11-14/h1-6,10-13H,7-9H2. The van der Waals surface area contributed by atoms with Gasteiger partial charge in [-0.2, -0.15) is 0 Å². The summed E-state index contributed by atoms with van der Waals surface area (Å²) in [5, 5.41) is 0.798. The van der Waals surface area contributed by atoms with Gasteiger partial charge in [0, 0.05) is 5.02 Å². The predicted molar refractivity (Wildman–Crippen MR) is 71.5 cm³/mol. The SMILES string of the molecule is [CH]=CC=CC=CCCCc1ccc(Cl)cc1. The number of allylic oxidation sites excluding steroid dienone is 5. The normalized spacial score (nSPS) is 11.3. The van der Waals surface area contributed by atoms with Gasteiger partial charge in [-0.25, -0.2) is 0 Å². The summed E-state index contributed by atoms with van der Waals surface area (Å²) in [4.78, 5) is 0. The Morgan fingerprint density at radius 3 is 2.50 bits per heavy atom. The van der Waals surface area contributed by atoms with Crippen molar-refractivity contribution in [3.63, 3.8) is 0 Å². The van der Waals surface area contributed by atoms with Crippen molar-refractivity contribution >= 4 is 11.6 Å². The number of aryl methyl sites for hydroxylation is 1. The summed E-state index contributed by atoms with van der Waals surface area (Å²) >= 11 is 5.81. The van der Waals surface area contributed by atoms with Crippen LogP contribution >= 0.6 is 11.6 Å². The molecule has 1 heteroatoms. The smallest absolute Gasteiger partial charge is 0.0406 e. The molecule has 16 heavy (non-hydrogen) atoms. The minimum absolute atomic E-state index is 0.798. The second kappa shape index (κ2) is 7.95. The summed E-state index contributed by atoms with van der Waals surface area (Å²) in [6.07, 6.45) is 12.8. The van der Waals surface area contributed by atoms with Crippen molar-refractivity contribution < 1.29 is 0 Å². The molecule has 0 bridgehead atoms. The largest absolute Gasteiger partial charge is 0.0845 e. The maximum atomic E-state index is 5.81. The highest BCUT2D eigenvalue weighted by molar-refractivity contribution is 6.30. The van der Waals surface area contributed by atoms with E-state index in [1.165, 1.54) is 11.6 Å². The fraction of sp³-hybridized carbons (Fsp3) is 0.200. The van der Waals surface area contributed by atoms with E-state index in [1.54, 1.807) is 0 Å². The second-order valence-electron chi connectivity index (χ2n) is 3.52. The average molecular weight is 232 g/mol. The molecule has 0 amide bonds. The van der Waals surface area contributed by atoms with Gasteiger partial charge in [-0.1, -0.05) is 60.7 Å². The first-order chi connectivity index (χ1) is 7.83. The van der Waals surface area contributed by atoms with E-state index in [-0.39, 0.29) is 0 Å². The minimum Gasteiger partial charge on any atom is -0.0845 e. The molecule has 1 rings (SSSR count). The van der Waals surface area contributed by atoms with Crippen LogP contribution in [0.15, 0.2) is 54.6 Å². The molecule has 0 heterocycles. The van der Waals surface area contributed by atoms with Crippen LogP contribution in [0.4, 0.5) is 0 Å². The highest BCUT2D eigenvalue weighted by atomic mass is 35.5. The third kappa shape index (κ3) is 5.57. The Hall–Kier alpha value is -1.27. The fourth-order valence-electron chi connectivity index (χ4n) is 1.38. The molecule has 1 aromatic carbocycles. The Morgan fingerprint density at radius 1 is 1.06 bits per heavy atom. The molecule has 0 unspecified atom stereocenters. The molecule has 0 aliphatic carbocycles. The lowest BCUT2D eigenvalue weighted by molar-refractivity contribution is 0.843. The highest BCUT2D eigenvalue weighted by Crippen LogP contribution is 2.11. The first kappa shape index (κ1) is 12.8. The lowest BCUT2D eigenvalue weighted by Crippen LogP contribution is -1.83. The third-order valence-corrected chi connectivity index (χ3v) is 2.47. The summed E-state index contributed by atoms with van der Waals surface area (Å²) in [5.41, 5.74) is 1.34. The van der Waals surface area contributed by atoms with Gasteiger partial charge >= 0.3 is 0 Å². The first-order valence-corrected chi connectivity index (χ1v) is 5.82. The van der Waals surface area contributed by atoms with Gasteiger partial charge in [0.1, 0.15) is 0 Å². The quantitative estimate of drug-likeness (QED) is 0.489. The Kier molecular flexibility index (Phi) is 6.36. The number of unbranched alkanes of at least 4 members (excludes halogenated alkanes) is 1. The zero-order valence-corrected chi connectivity index (χ0v) is 10.0. The molecule has 0 saturated carbocycles. The van der Waals surface area contributed by atoms with Gasteiger partial charge in [-0.3, -0.25) is 0 Å². The van der Waals surface area contributed by atoms with Crippen molar-refractivity contribution in [2.45, 2.75) is 19.3 Å². The molecule has 0 aliphatic heterocycles. The molecule has 83 valence electrons. The van der Waals surface area contributed by atoms with Crippen LogP contribution in [0.2, 0.25) is 5.02 Å². The second-order valence-corrected chi connectivity index (χ2v) is 3.96. The van der Waals surface area contributed by atoms with Crippen molar-refractivity contribution in [1.29, 1.82) is 0 Å². The molecule has 0 spiro atoms. The molecular weight excluding hydrogens is 216 g/mol. The molecular formula is C15H16Cl. The molecule has 0 saturated heterocycles. The lowest BCUT2D eigenvalue weighted by atomic mass is 10.1. The van der Waals surface area contributed by atoms with Crippen LogP contribution in [-0.2, 0) is 6.42 Å². The summed E-state index contributed by atoms with van der Waals surface area (Å²) in [7, 11) is 0. The molecule has 0 atom stereocenters. The van der Waals surface area contributed by atoms with E-state index < -0.39 is 0 Å². The summed E-state index contributed by atoms with van der Waals surface area (Å²) in [6, 6.07) is 8.03. The molecule has 0 nitrogen and oxygen atoms in total. The monoisotopic (exact) mass is 231 g/mol. The molecule has 0 N–H and O–H groups in total. The third-order valence-electron chi connectivity index (χ3n) is 2.22. The van der Waals surface area contributed by atoms with E-state index in [4.69, 9.17) is 18.2 Å². The van der Waals surface area contributed by atoms with Crippen LogP contribution in [0.3, 0.4) is 0 Å². The minimum atomic E-state index is 0.798. The maximum absolute atomic E-state index is 5.81. The van der Waals surface area contributed by atoms with Gasteiger partial charge in [0.15, 0.2) is 0 Å². The van der Waals surface area contributed by atoms with Crippen molar-refractivity contribution in [2.24, 2.45) is 0 Å². The Balaban J connectivity index is 2.20. The topological polar surface area (TPSA) is 0 Å². The summed E-state index contributed by atoms with van der Waals surface area (Å²) in [6.45, 7) is 5.20. The number of hydrogen-bond donors (Lipinski definition) is 0. The van der Waals surface area contributed by atoms with E-state index in [0.717, 1.165) is 24.3 Å². The van der Waals surface area contributed by atoms with Crippen LogP contribution in [0.25, 0.3) is 0 Å². The molecule has 1 aromatic rings. The number of halogens is 1. The number of benzene rings is 1. The molecule has 1 radical (unpaired) electrons. The molecule has 0 aromatic heterocycles. The zero-order valence-electron chi connectivity index (χ0n) is 9.27. The van der Waals surface area contributed by atoms with Crippen LogP contribution < -0.4 is 0 Å². The van der Waals surface area contributed by atoms with Crippen molar-refractivity contribution in [2.75, 3.05) is 0 Å². The van der Waals surface area contributed by atoms with Gasteiger partial charge in [-0.05, 0) is 37.0 Å². The zero-order chi connectivity index (χ0) is 11.6. The van der Waals surface area contributed by atoms with Crippen LogP contribution in [0.5, 0.6) is 0 Å². The van der Waals surface area contributed by atoms with E-state index in [2.05, 4.69) is 18.2 Å². The Bertz CT molecular complexity index is 358. The van der Waals surface area contributed by atoms with Gasteiger partial charge in [-0.15, -0.1) is 0 Å². The highest BCUT2D eigenvalue weighted by Gasteiger charge is 1.91. The van der Waals surface area contributed by atoms with Crippen LogP contribution in [-0.4, -0.2) is 0 Å². The predicted octanol–water partition coefficient (Wildman–Crippen LogP) is 4.76. The van der Waals surface area contributed by atoms with Crippen molar-refractivity contribution in [3.05, 3.63) is 71.8 Å². The van der Waals surface area contributed by atoms with Gasteiger partial charge < -0.3 is 0 Å². The van der Waals surface area contributed by atoms with Crippen molar-refractivity contribution in [1.82, 2.24) is 0 Å². The number of rotatable bonds is 6. The summed E-state index contributed by atoms with van der Waals surface area (Å²) in [5.74, 6) is 0. The van der Waals surface area contributed by atoms with Crippen LogP contribution in [0, 0.1) is 6.58 Å². The maximum Gasteiger partial charge on any atom is 0.0406 e. The van der Waals surface area contributed by atoms with Gasteiger partial charge in [0.25, 0.3) is 0 Å². The average Bonchev–Trinajstić information content (AvgIpc) is 2.30. The molecule has 0 fully saturated rings. The van der Waals surface area contributed by atoms with E-state index in [0.29, 0.717) is 0 Å². The molecule has 0 aliphatic rings. The van der Waals surface area contributed by atoms with Gasteiger partial charge in [0.05, 0.1) is 0 Å². The first-order valence-electron chi connectivity index (χ1n) is 5.44. The number of hydrogen-bond acceptors (Lipinski definition) is 0.